The quantitative estimate of drug-likeness (QED) is 0.333. The normalized spacial score (nSPS) is 21.8. The number of benzene rings is 1. The molecule has 2 aromatic heterocycles. The molecule has 0 unspecified atom stereocenters. The first-order valence-corrected chi connectivity index (χ1v) is 18.9. The van der Waals surface area contributed by atoms with Crippen molar-refractivity contribution in [2.45, 2.75) is 58.0 Å². The van der Waals surface area contributed by atoms with Gasteiger partial charge in [-0.05, 0) is 71.6 Å². The van der Waals surface area contributed by atoms with Crippen LogP contribution in [0.25, 0.3) is 22.0 Å². The van der Waals surface area contributed by atoms with Crippen LogP contribution in [0.2, 0.25) is 10.0 Å². The zero-order valence-electron chi connectivity index (χ0n) is 28.5. The third kappa shape index (κ3) is 6.49. The molecule has 1 atom stereocenters. The predicted octanol–water partition coefficient (Wildman–Crippen LogP) is 4.81. The molecule has 0 aliphatic carbocycles. The smallest absolute Gasteiger partial charge is 0.281 e. The number of piperazine rings is 1. The monoisotopic (exact) mass is 719 g/mol. The minimum Gasteiger partial charge on any atom is -0.349 e. The summed E-state index contributed by atoms with van der Waals surface area (Å²) in [7, 11) is 0.194. The number of H-pyrrole nitrogens is 1. The number of aromatic nitrogens is 4. The van der Waals surface area contributed by atoms with Crippen molar-refractivity contribution in [2.24, 2.45) is 5.92 Å². The van der Waals surface area contributed by atoms with E-state index in [0.717, 1.165) is 72.3 Å². The number of fused-ring (bicyclic) bond motifs is 1. The maximum atomic E-state index is 13.5. The van der Waals surface area contributed by atoms with E-state index < -0.39 is 10.2 Å². The van der Waals surface area contributed by atoms with Crippen LogP contribution in [-0.2, 0) is 15.0 Å². The van der Waals surface area contributed by atoms with Crippen molar-refractivity contribution < 1.29 is 13.2 Å². The highest BCUT2D eigenvalue weighted by atomic mass is 35.5. The van der Waals surface area contributed by atoms with Gasteiger partial charge < -0.3 is 14.7 Å². The van der Waals surface area contributed by atoms with Gasteiger partial charge in [0.2, 0.25) is 5.91 Å². The van der Waals surface area contributed by atoms with Crippen LogP contribution in [0.3, 0.4) is 0 Å². The molecular weight excluding hydrogens is 673 g/mol. The highest BCUT2D eigenvalue weighted by molar-refractivity contribution is 7.86. The molecule has 262 valence electrons. The lowest BCUT2D eigenvalue weighted by molar-refractivity contribution is -0.127. The number of nitrogens with one attached hydrogen (secondary N) is 1. The molecule has 1 amide bonds. The first-order chi connectivity index (χ1) is 22.7. The zero-order chi connectivity index (χ0) is 34.5. The molecule has 15 heteroatoms. The molecule has 5 heterocycles. The highest BCUT2D eigenvalue weighted by Crippen LogP contribution is 2.48. The fraction of sp³-hybridized carbons (Fsp3) is 0.606. The predicted molar refractivity (Wildman–Crippen MR) is 192 cm³/mol. The molecule has 3 aromatic rings. The van der Waals surface area contributed by atoms with E-state index in [0.29, 0.717) is 49.3 Å². The lowest BCUT2D eigenvalue weighted by Gasteiger charge is -2.47. The number of hydrogen-bond acceptors (Lipinski definition) is 7. The van der Waals surface area contributed by atoms with Crippen molar-refractivity contribution in [2.75, 3.05) is 71.4 Å². The van der Waals surface area contributed by atoms with Gasteiger partial charge >= 0.3 is 0 Å². The van der Waals surface area contributed by atoms with Crippen LogP contribution in [0.1, 0.15) is 51.3 Å². The summed E-state index contributed by atoms with van der Waals surface area (Å²) in [4.78, 5) is 18.7. The fourth-order valence-corrected chi connectivity index (χ4v) is 9.71. The Morgan fingerprint density at radius 2 is 1.79 bits per heavy atom. The maximum absolute atomic E-state index is 13.5. The lowest BCUT2D eigenvalue weighted by Crippen LogP contribution is -2.54. The summed E-state index contributed by atoms with van der Waals surface area (Å²) >= 11 is 13.7. The fourth-order valence-electron chi connectivity index (χ4n) is 7.83. The Labute approximate surface area is 293 Å². The van der Waals surface area contributed by atoms with E-state index in [1.54, 1.807) is 27.9 Å². The summed E-state index contributed by atoms with van der Waals surface area (Å²) in [5.41, 5.74) is 3.13. The molecule has 1 aromatic carbocycles. The number of amides is 1. The second-order valence-electron chi connectivity index (χ2n) is 14.2. The average molecular weight is 721 g/mol. The van der Waals surface area contributed by atoms with Crippen LogP contribution in [-0.4, -0.2) is 125 Å². The number of halogens is 2. The van der Waals surface area contributed by atoms with Gasteiger partial charge in [0, 0.05) is 87.2 Å². The third-order valence-corrected chi connectivity index (χ3v) is 13.3. The molecule has 3 saturated heterocycles. The minimum atomic E-state index is -3.54. The van der Waals surface area contributed by atoms with E-state index in [2.05, 4.69) is 52.0 Å². The molecule has 0 saturated carbocycles. The molecule has 12 nitrogen and oxygen atoms in total. The Morgan fingerprint density at radius 3 is 2.44 bits per heavy atom. The molecule has 3 fully saturated rings. The first-order valence-electron chi connectivity index (χ1n) is 16.7. The molecule has 3 aliphatic rings. The number of nitrogens with zero attached hydrogens (tertiary/aromatic N) is 8. The summed E-state index contributed by atoms with van der Waals surface area (Å²) in [5, 5.41) is 14.4. The highest BCUT2D eigenvalue weighted by Gasteiger charge is 2.41. The second-order valence-corrected chi connectivity index (χ2v) is 17.0. The van der Waals surface area contributed by atoms with Gasteiger partial charge in [-0.3, -0.25) is 14.6 Å². The Hall–Kier alpha value is -2.68. The van der Waals surface area contributed by atoms with Crippen molar-refractivity contribution in [3.05, 3.63) is 40.7 Å². The van der Waals surface area contributed by atoms with E-state index in [9.17, 15) is 13.2 Å². The van der Waals surface area contributed by atoms with Crippen molar-refractivity contribution >= 4 is 56.0 Å². The van der Waals surface area contributed by atoms with Crippen LogP contribution >= 0.6 is 23.2 Å². The van der Waals surface area contributed by atoms with E-state index >= 15 is 0 Å². The van der Waals surface area contributed by atoms with Crippen LogP contribution in [0.4, 0.5) is 5.82 Å². The van der Waals surface area contributed by atoms with E-state index in [1.807, 2.05) is 11.9 Å². The SMILES string of the molecule is C=CC(=O)N1CCC(n2nc(N3CC[C@@H](CN(C)S(=O)(=O)N4CCN(C)CC4)CC3(C)C)c(-c3c(Cl)c(Cl)cc4[nH]ncc34)c2C)CC1. The van der Waals surface area contributed by atoms with Crippen LogP contribution in [0.15, 0.2) is 24.9 Å². The lowest BCUT2D eigenvalue weighted by atomic mass is 9.82. The minimum absolute atomic E-state index is 0.0494. The number of rotatable bonds is 8. The number of likely N-dealkylation sites (tertiary alicyclic amines) is 1. The van der Waals surface area contributed by atoms with Crippen LogP contribution < -0.4 is 4.90 Å². The molecule has 6 rings (SSSR count). The Morgan fingerprint density at radius 1 is 1.10 bits per heavy atom. The topological polar surface area (TPSA) is 114 Å². The van der Waals surface area contributed by atoms with E-state index in [-0.39, 0.29) is 23.4 Å². The van der Waals surface area contributed by atoms with Gasteiger partial charge in [0.25, 0.3) is 10.2 Å². The molecular formula is C33H47Cl2N9O3S. The molecule has 48 heavy (non-hydrogen) atoms. The van der Waals surface area contributed by atoms with E-state index in [1.165, 1.54) is 6.08 Å². The van der Waals surface area contributed by atoms with Crippen LogP contribution in [0.5, 0.6) is 0 Å². The number of carbonyl (C=O) groups excluding carboxylic acids is 1. The number of carbonyl (C=O) groups is 1. The second kappa shape index (κ2) is 13.6. The number of hydrogen-bond donors (Lipinski definition) is 1. The molecule has 0 radical (unpaired) electrons. The van der Waals surface area contributed by atoms with Gasteiger partial charge in [-0.2, -0.15) is 27.2 Å². The van der Waals surface area contributed by atoms with Gasteiger partial charge in [0.15, 0.2) is 5.82 Å². The van der Waals surface area contributed by atoms with Gasteiger partial charge in [-0.15, -0.1) is 0 Å². The van der Waals surface area contributed by atoms with Crippen LogP contribution in [0, 0.1) is 12.8 Å². The first kappa shape index (κ1) is 35.2. The Bertz CT molecular complexity index is 1790. The summed E-state index contributed by atoms with van der Waals surface area (Å²) in [6, 6.07) is 1.89. The number of likely N-dealkylation sites (N-methyl/N-ethyl adjacent to an activating group) is 1. The van der Waals surface area contributed by atoms with Gasteiger partial charge in [-0.1, -0.05) is 29.8 Å². The Balaban J connectivity index is 1.32. The standard InChI is InChI=1S/C33H47Cl2N9O3S/c1-7-28(45)41-11-9-24(10-12-41)44-22(2)29(30-25-20-36-37-27(25)18-26(34)31(30)35)32(38-44)43-13-8-23(19-33(43,3)4)21-40(6)48(46,47)42-16-14-39(5)15-17-42/h7,18,20,23-24H,1,8-17,19,21H2,2-6H3,(H,36,37)/t23-/m1/s1. The summed E-state index contributed by atoms with van der Waals surface area (Å²) in [5.74, 6) is 0.953. The summed E-state index contributed by atoms with van der Waals surface area (Å²) < 4.78 is 32.2. The van der Waals surface area contributed by atoms with Crippen molar-refractivity contribution in [1.82, 2.24) is 38.4 Å². The Kier molecular flexibility index (Phi) is 9.93. The zero-order valence-corrected chi connectivity index (χ0v) is 30.9. The van der Waals surface area contributed by atoms with Gasteiger partial charge in [0.1, 0.15) is 0 Å². The average Bonchev–Trinajstić information content (AvgIpc) is 3.65. The molecule has 1 N–H and O–H groups in total. The van der Waals surface area contributed by atoms with Crippen molar-refractivity contribution in [3.8, 4) is 11.1 Å². The molecule has 3 aliphatic heterocycles. The molecule has 0 bridgehead atoms. The van der Waals surface area contributed by atoms with Crippen molar-refractivity contribution in [3.63, 3.8) is 0 Å². The molecule has 0 spiro atoms. The van der Waals surface area contributed by atoms with Crippen molar-refractivity contribution in [1.29, 1.82) is 0 Å². The van der Waals surface area contributed by atoms with Gasteiger partial charge in [0.05, 0.1) is 27.8 Å². The largest absolute Gasteiger partial charge is 0.349 e. The maximum Gasteiger partial charge on any atom is 0.281 e. The summed E-state index contributed by atoms with van der Waals surface area (Å²) in [6.07, 6.45) is 6.28. The van der Waals surface area contributed by atoms with E-state index in [4.69, 9.17) is 28.3 Å². The number of anilines is 1. The summed E-state index contributed by atoms with van der Waals surface area (Å²) in [6.45, 7) is 15.1. The third-order valence-electron chi connectivity index (χ3n) is 10.5. The number of piperidine rings is 2. The van der Waals surface area contributed by atoms with Gasteiger partial charge in [-0.25, -0.2) is 0 Å². The number of aromatic amines is 1.